The van der Waals surface area contributed by atoms with Crippen molar-refractivity contribution in [2.24, 2.45) is 0 Å². The van der Waals surface area contributed by atoms with Gasteiger partial charge >= 0.3 is 0 Å². The first kappa shape index (κ1) is 22.1. The maximum atomic E-state index is 13.0. The summed E-state index contributed by atoms with van der Waals surface area (Å²) in [7, 11) is 0. The first-order valence-corrected chi connectivity index (χ1v) is 11.8. The first-order valence-electron chi connectivity index (χ1n) is 10.5. The van der Waals surface area contributed by atoms with Crippen LogP contribution in [0.1, 0.15) is 21.0 Å². The third-order valence-electron chi connectivity index (χ3n) is 5.27. The molecule has 4 heterocycles. The van der Waals surface area contributed by atoms with Crippen molar-refractivity contribution in [1.82, 2.24) is 30.2 Å². The minimum absolute atomic E-state index is 0.293. The molecule has 0 aliphatic carbocycles. The number of nitrogens with one attached hydrogen (secondary N) is 2. The molecule has 1 amide bonds. The van der Waals surface area contributed by atoms with Gasteiger partial charge in [-0.2, -0.15) is 5.10 Å². The third kappa shape index (κ3) is 4.37. The number of amides is 1. The van der Waals surface area contributed by atoms with Crippen LogP contribution in [0.4, 0.5) is 5.82 Å². The minimum atomic E-state index is -0.293. The van der Waals surface area contributed by atoms with Crippen LogP contribution in [-0.4, -0.2) is 37.4 Å². The van der Waals surface area contributed by atoms with Gasteiger partial charge in [-0.25, -0.2) is 14.6 Å². The van der Waals surface area contributed by atoms with Crippen molar-refractivity contribution in [3.63, 3.8) is 0 Å². The van der Waals surface area contributed by atoms with Crippen molar-refractivity contribution in [3.05, 3.63) is 75.5 Å². The summed E-state index contributed by atoms with van der Waals surface area (Å²) in [5, 5.41) is 18.1. The third-order valence-corrected chi connectivity index (χ3v) is 6.48. The van der Waals surface area contributed by atoms with Gasteiger partial charge in [-0.05, 0) is 24.4 Å². The van der Waals surface area contributed by atoms with Crippen molar-refractivity contribution in [3.8, 4) is 11.3 Å². The fourth-order valence-electron chi connectivity index (χ4n) is 3.62. The van der Waals surface area contributed by atoms with E-state index in [0.29, 0.717) is 52.9 Å². The number of thiophene rings is 1. The van der Waals surface area contributed by atoms with E-state index in [2.05, 4.69) is 36.9 Å². The molecule has 0 saturated carbocycles. The number of benzene rings is 1. The fraction of sp³-hybridized carbons (Fsp3) is 0.174. The van der Waals surface area contributed by atoms with Gasteiger partial charge in [-0.1, -0.05) is 41.0 Å². The Balaban J connectivity index is 1.27. The molecular formula is C23H20ClN7O2S. The highest BCUT2D eigenvalue weighted by atomic mass is 35.5. The first-order chi connectivity index (χ1) is 16.6. The van der Waals surface area contributed by atoms with Crippen molar-refractivity contribution in [2.75, 3.05) is 11.9 Å². The molecule has 9 nitrogen and oxygen atoms in total. The second-order valence-corrected chi connectivity index (χ2v) is 8.90. The lowest BCUT2D eigenvalue weighted by Crippen LogP contribution is -2.28. The van der Waals surface area contributed by atoms with E-state index in [0.717, 1.165) is 11.2 Å². The molecule has 172 valence electrons. The number of fused-ring (bicyclic) bond motifs is 1. The van der Waals surface area contributed by atoms with Crippen LogP contribution in [0, 0.1) is 6.92 Å². The molecule has 11 heteroatoms. The van der Waals surface area contributed by atoms with E-state index >= 15 is 0 Å². The lowest BCUT2D eigenvalue weighted by molar-refractivity contribution is 0.0951. The smallest absolute Gasteiger partial charge is 0.257 e. The molecule has 0 unspecified atom stereocenters. The number of carbonyl (C=O) groups is 1. The summed E-state index contributed by atoms with van der Waals surface area (Å²) < 4.78 is 7.03. The Kier molecular flexibility index (Phi) is 6.24. The summed E-state index contributed by atoms with van der Waals surface area (Å²) in [6.45, 7) is 3.15. The maximum absolute atomic E-state index is 13.0. The van der Waals surface area contributed by atoms with Crippen molar-refractivity contribution in [1.29, 1.82) is 0 Å². The average molecular weight is 494 g/mol. The summed E-state index contributed by atoms with van der Waals surface area (Å²) in [4.78, 5) is 22.9. The molecule has 0 fully saturated rings. The summed E-state index contributed by atoms with van der Waals surface area (Å²) in [6.07, 6.45) is 3.24. The van der Waals surface area contributed by atoms with Crippen LogP contribution >= 0.6 is 22.9 Å². The van der Waals surface area contributed by atoms with Crippen molar-refractivity contribution >= 4 is 45.7 Å². The molecule has 34 heavy (non-hydrogen) atoms. The Morgan fingerprint density at radius 2 is 2.09 bits per heavy atom. The standard InChI is InChI=1S/C23H20ClN7O2S/c1-14-19(20(30-33-14)16-6-2-3-7-18(16)24)23(32)25-8-9-31-22-17(12-29-31)21(27-13-28-22)26-11-15-5-4-10-34-15/h2-7,10,12-13H,8-9,11H2,1H3,(H,25,32)(H,26,27,28). The van der Waals surface area contributed by atoms with E-state index in [1.54, 1.807) is 41.3 Å². The second kappa shape index (κ2) is 9.62. The van der Waals surface area contributed by atoms with Gasteiger partial charge in [-0.15, -0.1) is 11.3 Å². The number of aryl methyl sites for hydroxylation is 1. The number of halogens is 1. The van der Waals surface area contributed by atoms with Crippen molar-refractivity contribution in [2.45, 2.75) is 20.0 Å². The largest absolute Gasteiger partial charge is 0.364 e. The lowest BCUT2D eigenvalue weighted by atomic mass is 10.1. The SMILES string of the molecule is Cc1onc(-c2ccccc2Cl)c1C(=O)NCCn1ncc2c(NCc3cccs3)ncnc21. The Labute approximate surface area is 203 Å². The zero-order valence-electron chi connectivity index (χ0n) is 18.2. The molecule has 1 aromatic carbocycles. The molecule has 0 spiro atoms. The summed E-state index contributed by atoms with van der Waals surface area (Å²) in [5.74, 6) is 0.849. The van der Waals surface area contributed by atoms with Gasteiger partial charge in [0.05, 0.1) is 29.7 Å². The second-order valence-electron chi connectivity index (χ2n) is 7.46. The normalized spacial score (nSPS) is 11.1. The van der Waals surface area contributed by atoms with Gasteiger partial charge in [-0.3, -0.25) is 4.79 Å². The highest BCUT2D eigenvalue weighted by Crippen LogP contribution is 2.31. The molecule has 0 radical (unpaired) electrons. The minimum Gasteiger partial charge on any atom is -0.364 e. The fourth-order valence-corrected chi connectivity index (χ4v) is 4.49. The number of carbonyl (C=O) groups excluding carboxylic acids is 1. The molecule has 0 saturated heterocycles. The van der Waals surface area contributed by atoms with Crippen molar-refractivity contribution < 1.29 is 9.32 Å². The van der Waals surface area contributed by atoms with Crippen LogP contribution in [0.5, 0.6) is 0 Å². The number of nitrogens with zero attached hydrogens (tertiary/aromatic N) is 5. The van der Waals surface area contributed by atoms with Gasteiger partial charge in [0.25, 0.3) is 5.91 Å². The predicted octanol–water partition coefficient (Wildman–Crippen LogP) is 4.55. The van der Waals surface area contributed by atoms with Gasteiger partial charge in [0.1, 0.15) is 29.2 Å². The van der Waals surface area contributed by atoms with Gasteiger partial charge in [0, 0.05) is 17.0 Å². The van der Waals surface area contributed by atoms with Gasteiger partial charge in [0.2, 0.25) is 0 Å². The molecule has 0 bridgehead atoms. The molecule has 0 atom stereocenters. The summed E-state index contributed by atoms with van der Waals surface area (Å²) in [5.41, 5.74) is 2.11. The van der Waals surface area contributed by atoms with E-state index < -0.39 is 0 Å². The lowest BCUT2D eigenvalue weighted by Gasteiger charge is -2.08. The molecule has 5 rings (SSSR count). The van der Waals surface area contributed by atoms with E-state index in [1.807, 2.05) is 23.6 Å². The van der Waals surface area contributed by atoms with Crippen LogP contribution in [0.2, 0.25) is 5.02 Å². The summed E-state index contributed by atoms with van der Waals surface area (Å²) in [6, 6.07) is 11.3. The van der Waals surface area contributed by atoms with Crippen LogP contribution < -0.4 is 10.6 Å². The van der Waals surface area contributed by atoms with E-state index in [9.17, 15) is 4.79 Å². The van der Waals surface area contributed by atoms with Crippen LogP contribution in [0.3, 0.4) is 0 Å². The van der Waals surface area contributed by atoms with Gasteiger partial charge < -0.3 is 15.2 Å². The number of anilines is 1. The Hall–Kier alpha value is -3.76. The van der Waals surface area contributed by atoms with Crippen LogP contribution in [0.15, 0.2) is 58.8 Å². The zero-order chi connectivity index (χ0) is 23.5. The predicted molar refractivity (Wildman–Crippen MR) is 131 cm³/mol. The number of rotatable bonds is 8. The summed E-state index contributed by atoms with van der Waals surface area (Å²) >= 11 is 7.98. The average Bonchev–Trinajstić information content (AvgIpc) is 3.59. The number of aromatic nitrogens is 5. The molecule has 0 aliphatic rings. The van der Waals surface area contributed by atoms with E-state index in [1.165, 1.54) is 11.2 Å². The van der Waals surface area contributed by atoms with Crippen LogP contribution in [0.25, 0.3) is 22.3 Å². The maximum Gasteiger partial charge on any atom is 0.257 e. The molecule has 5 aromatic rings. The molecule has 2 N–H and O–H groups in total. The molecule has 4 aromatic heterocycles. The Bertz CT molecular complexity index is 1450. The van der Waals surface area contributed by atoms with E-state index in [-0.39, 0.29) is 5.91 Å². The zero-order valence-corrected chi connectivity index (χ0v) is 19.7. The highest BCUT2D eigenvalue weighted by Gasteiger charge is 2.23. The van der Waals surface area contributed by atoms with Gasteiger partial charge in [0.15, 0.2) is 5.65 Å². The quantitative estimate of drug-likeness (QED) is 0.326. The molecule has 0 aliphatic heterocycles. The monoisotopic (exact) mass is 493 g/mol. The highest BCUT2D eigenvalue weighted by molar-refractivity contribution is 7.09. The van der Waals surface area contributed by atoms with Crippen LogP contribution in [-0.2, 0) is 13.1 Å². The number of hydrogen-bond donors (Lipinski definition) is 2. The number of hydrogen-bond acceptors (Lipinski definition) is 8. The molecular weight excluding hydrogens is 474 g/mol. The topological polar surface area (TPSA) is 111 Å². The Morgan fingerprint density at radius 3 is 2.91 bits per heavy atom. The van der Waals surface area contributed by atoms with E-state index in [4.69, 9.17) is 16.1 Å². The Morgan fingerprint density at radius 1 is 1.21 bits per heavy atom.